The maximum Gasteiger partial charge on any atom is 0.126 e. The Labute approximate surface area is 119 Å². The number of hydrogen-bond donors (Lipinski definition) is 1. The van der Waals surface area contributed by atoms with E-state index in [-0.39, 0.29) is 12.0 Å². The molecule has 1 atom stereocenters. The first-order valence-electron chi connectivity index (χ1n) is 5.87. The van der Waals surface area contributed by atoms with Crippen LogP contribution in [0.2, 0.25) is 0 Å². The lowest BCUT2D eigenvalue weighted by Crippen LogP contribution is -2.35. The number of halogens is 3. The molecular weight excluding hydrogens is 312 g/mol. The molecule has 0 fully saturated rings. The van der Waals surface area contributed by atoms with Crippen molar-refractivity contribution in [3.05, 3.63) is 69.7 Å². The molecule has 100 valence electrons. The van der Waals surface area contributed by atoms with Gasteiger partial charge < -0.3 is 5.73 Å². The first-order valence-corrected chi connectivity index (χ1v) is 6.67. The fraction of sp³-hybridized carbons (Fsp3) is 0.200. The van der Waals surface area contributed by atoms with Crippen molar-refractivity contribution in [3.63, 3.8) is 0 Å². The fourth-order valence-electron chi connectivity index (χ4n) is 2.01. The lowest BCUT2D eigenvalue weighted by Gasteiger charge is -2.25. The third kappa shape index (κ3) is 3.39. The molecule has 2 rings (SSSR count). The predicted octanol–water partition coefficient (Wildman–Crippen LogP) is 4.14. The number of rotatable bonds is 3. The first kappa shape index (κ1) is 14.2. The number of benzene rings is 2. The smallest absolute Gasteiger partial charge is 0.126 e. The Morgan fingerprint density at radius 2 is 1.74 bits per heavy atom. The zero-order chi connectivity index (χ0) is 14.0. The van der Waals surface area contributed by atoms with Gasteiger partial charge in [-0.3, -0.25) is 0 Å². The van der Waals surface area contributed by atoms with Crippen molar-refractivity contribution in [1.29, 1.82) is 0 Å². The fourth-order valence-corrected chi connectivity index (χ4v) is 2.27. The molecule has 0 aliphatic rings. The number of nitrogens with two attached hydrogens (primary N) is 1. The third-order valence-electron chi connectivity index (χ3n) is 3.07. The van der Waals surface area contributed by atoms with Gasteiger partial charge in [0.05, 0.1) is 0 Å². The van der Waals surface area contributed by atoms with Crippen LogP contribution in [0.15, 0.2) is 46.9 Å². The molecule has 0 bridgehead atoms. The highest BCUT2D eigenvalue weighted by molar-refractivity contribution is 9.10. The lowest BCUT2D eigenvalue weighted by atomic mass is 9.86. The average molecular weight is 326 g/mol. The van der Waals surface area contributed by atoms with Crippen molar-refractivity contribution in [2.45, 2.75) is 18.9 Å². The molecule has 0 saturated heterocycles. The predicted molar refractivity (Wildman–Crippen MR) is 75.7 cm³/mol. The maximum atomic E-state index is 13.7. The summed E-state index contributed by atoms with van der Waals surface area (Å²) in [6, 6.07) is 10.9. The summed E-state index contributed by atoms with van der Waals surface area (Å²) in [5.74, 6) is -0.891. The minimum Gasteiger partial charge on any atom is -0.321 e. The van der Waals surface area contributed by atoms with Gasteiger partial charge in [-0.1, -0.05) is 28.1 Å². The minimum absolute atomic E-state index is 0.234. The Kier molecular flexibility index (Phi) is 4.02. The topological polar surface area (TPSA) is 26.0 Å². The Balaban J connectivity index is 2.30. The van der Waals surface area contributed by atoms with Crippen LogP contribution < -0.4 is 5.73 Å². The molecule has 0 radical (unpaired) electrons. The second-order valence-electron chi connectivity index (χ2n) is 4.84. The number of hydrogen-bond acceptors (Lipinski definition) is 1. The van der Waals surface area contributed by atoms with Crippen LogP contribution in [0.3, 0.4) is 0 Å². The second-order valence-corrected chi connectivity index (χ2v) is 5.75. The standard InChI is InChI=1S/C15H14BrF2N/c1-15(19,11-2-4-12(16)5-3-11)9-10-8-13(17)6-7-14(10)18/h2-8H,9,19H2,1H3. The van der Waals surface area contributed by atoms with E-state index >= 15 is 0 Å². The van der Waals surface area contributed by atoms with Gasteiger partial charge in [0.15, 0.2) is 0 Å². The van der Waals surface area contributed by atoms with Gasteiger partial charge in [0, 0.05) is 10.0 Å². The molecule has 2 N–H and O–H groups in total. The van der Waals surface area contributed by atoms with Crippen LogP contribution in [0, 0.1) is 11.6 Å². The molecule has 2 aromatic carbocycles. The normalized spacial score (nSPS) is 14.2. The van der Waals surface area contributed by atoms with E-state index in [9.17, 15) is 8.78 Å². The molecule has 0 heterocycles. The van der Waals surface area contributed by atoms with E-state index in [2.05, 4.69) is 15.9 Å². The molecular formula is C15H14BrF2N. The van der Waals surface area contributed by atoms with Gasteiger partial charge >= 0.3 is 0 Å². The summed E-state index contributed by atoms with van der Waals surface area (Å²) in [4.78, 5) is 0. The summed E-state index contributed by atoms with van der Waals surface area (Å²) in [7, 11) is 0. The highest BCUT2D eigenvalue weighted by Crippen LogP contribution is 2.25. The highest BCUT2D eigenvalue weighted by atomic mass is 79.9. The molecule has 0 aromatic heterocycles. The van der Waals surface area contributed by atoms with Crippen molar-refractivity contribution >= 4 is 15.9 Å². The van der Waals surface area contributed by atoms with Crippen LogP contribution in [-0.2, 0) is 12.0 Å². The molecule has 0 spiro atoms. The van der Waals surface area contributed by atoms with E-state index in [0.29, 0.717) is 0 Å². The molecule has 0 saturated carbocycles. The van der Waals surface area contributed by atoms with Gasteiger partial charge in [0.2, 0.25) is 0 Å². The Morgan fingerprint density at radius 3 is 2.37 bits per heavy atom. The van der Waals surface area contributed by atoms with Crippen LogP contribution in [0.1, 0.15) is 18.1 Å². The van der Waals surface area contributed by atoms with Crippen LogP contribution in [-0.4, -0.2) is 0 Å². The van der Waals surface area contributed by atoms with Crippen molar-refractivity contribution in [2.75, 3.05) is 0 Å². The Morgan fingerprint density at radius 1 is 1.11 bits per heavy atom. The summed E-state index contributed by atoms with van der Waals surface area (Å²) in [5, 5.41) is 0. The molecule has 0 aliphatic carbocycles. The molecule has 1 nitrogen and oxygen atoms in total. The summed E-state index contributed by atoms with van der Waals surface area (Å²) in [5.41, 5.74) is 6.64. The van der Waals surface area contributed by atoms with Crippen molar-refractivity contribution < 1.29 is 8.78 Å². The lowest BCUT2D eigenvalue weighted by molar-refractivity contribution is 0.472. The van der Waals surface area contributed by atoms with Gasteiger partial charge in [0.1, 0.15) is 11.6 Å². The van der Waals surface area contributed by atoms with E-state index in [4.69, 9.17) is 5.73 Å². The van der Waals surface area contributed by atoms with Gasteiger partial charge in [-0.15, -0.1) is 0 Å². The van der Waals surface area contributed by atoms with E-state index in [1.54, 1.807) is 6.92 Å². The quantitative estimate of drug-likeness (QED) is 0.901. The summed E-state index contributed by atoms with van der Waals surface area (Å²) >= 11 is 3.35. The third-order valence-corrected chi connectivity index (χ3v) is 3.60. The Hall–Kier alpha value is -1.26. The van der Waals surface area contributed by atoms with E-state index in [1.807, 2.05) is 24.3 Å². The van der Waals surface area contributed by atoms with E-state index < -0.39 is 17.2 Å². The van der Waals surface area contributed by atoms with Crippen molar-refractivity contribution in [3.8, 4) is 0 Å². The summed E-state index contributed by atoms with van der Waals surface area (Å²) < 4.78 is 27.8. The van der Waals surface area contributed by atoms with Crippen LogP contribution in [0.5, 0.6) is 0 Å². The van der Waals surface area contributed by atoms with Gasteiger partial charge in [-0.2, -0.15) is 0 Å². The van der Waals surface area contributed by atoms with E-state index in [0.717, 1.165) is 22.2 Å². The van der Waals surface area contributed by atoms with Crippen LogP contribution in [0.4, 0.5) is 8.78 Å². The van der Waals surface area contributed by atoms with Gasteiger partial charge in [0.25, 0.3) is 0 Å². The minimum atomic E-state index is -0.755. The maximum absolute atomic E-state index is 13.7. The Bertz CT molecular complexity index is 579. The first-order chi connectivity index (χ1) is 8.88. The zero-order valence-corrected chi connectivity index (χ0v) is 12.0. The average Bonchev–Trinajstić information content (AvgIpc) is 2.34. The highest BCUT2D eigenvalue weighted by Gasteiger charge is 2.23. The van der Waals surface area contributed by atoms with Crippen LogP contribution in [0.25, 0.3) is 0 Å². The molecule has 0 aliphatic heterocycles. The van der Waals surface area contributed by atoms with Gasteiger partial charge in [-0.25, -0.2) is 8.78 Å². The molecule has 1 unspecified atom stereocenters. The summed E-state index contributed by atoms with van der Waals surface area (Å²) in [6.07, 6.45) is 0.234. The zero-order valence-electron chi connectivity index (χ0n) is 10.5. The molecule has 4 heteroatoms. The van der Waals surface area contributed by atoms with Crippen molar-refractivity contribution in [1.82, 2.24) is 0 Å². The largest absolute Gasteiger partial charge is 0.321 e. The van der Waals surface area contributed by atoms with Crippen LogP contribution >= 0.6 is 15.9 Å². The second kappa shape index (κ2) is 5.39. The molecule has 19 heavy (non-hydrogen) atoms. The SMILES string of the molecule is CC(N)(Cc1cc(F)ccc1F)c1ccc(Br)cc1. The summed E-state index contributed by atoms with van der Waals surface area (Å²) in [6.45, 7) is 1.81. The van der Waals surface area contributed by atoms with E-state index in [1.165, 1.54) is 6.07 Å². The molecule has 0 amide bonds. The van der Waals surface area contributed by atoms with Crippen molar-refractivity contribution in [2.24, 2.45) is 5.73 Å². The molecule has 2 aromatic rings. The monoisotopic (exact) mass is 325 g/mol. The van der Waals surface area contributed by atoms with Gasteiger partial charge in [-0.05, 0) is 54.8 Å².